The third-order valence-corrected chi connectivity index (χ3v) is 4.58. The predicted molar refractivity (Wildman–Crippen MR) is 99.4 cm³/mol. The zero-order valence-corrected chi connectivity index (χ0v) is 15.4. The summed E-state index contributed by atoms with van der Waals surface area (Å²) in [6.45, 7) is 1.99. The fourth-order valence-corrected chi connectivity index (χ4v) is 3.04. The Morgan fingerprint density at radius 3 is 2.37 bits per heavy atom. The molecule has 0 amide bonds. The monoisotopic (exact) mass is 419 g/mol. The summed E-state index contributed by atoms with van der Waals surface area (Å²) in [5, 5.41) is 7.84. The quantitative estimate of drug-likeness (QED) is 0.518. The minimum Gasteiger partial charge on any atom is -0.303 e. The summed E-state index contributed by atoms with van der Waals surface area (Å²) in [5.74, 6) is -1.01. The second-order valence-corrected chi connectivity index (χ2v) is 6.47. The molecule has 4 aromatic rings. The van der Waals surface area contributed by atoms with Gasteiger partial charge in [-0.1, -0.05) is 24.3 Å². The van der Waals surface area contributed by atoms with Gasteiger partial charge in [0, 0.05) is 12.1 Å². The summed E-state index contributed by atoms with van der Waals surface area (Å²) in [5.41, 5.74) is -2.68. The van der Waals surface area contributed by atoms with Gasteiger partial charge in [0.1, 0.15) is 17.0 Å². The Kier molecular flexibility index (Phi) is 4.52. The summed E-state index contributed by atoms with van der Waals surface area (Å²) in [6.07, 6.45) is -4.10. The van der Waals surface area contributed by atoms with E-state index >= 15 is 0 Å². The van der Waals surface area contributed by atoms with Gasteiger partial charge < -0.3 is 4.98 Å². The van der Waals surface area contributed by atoms with Gasteiger partial charge in [-0.15, -0.1) is 5.10 Å². The van der Waals surface area contributed by atoms with E-state index in [1.807, 2.05) is 19.1 Å². The maximum Gasteiger partial charge on any atom is 0.431 e. The van der Waals surface area contributed by atoms with Gasteiger partial charge in [0.05, 0.1) is 16.9 Å². The second-order valence-electron chi connectivity index (χ2n) is 6.47. The lowest BCUT2D eigenvalue weighted by atomic mass is 10.1. The number of nitrogens with one attached hydrogen (secondary N) is 1. The summed E-state index contributed by atoms with van der Waals surface area (Å²) in [6, 6.07) is 9.58. The fraction of sp³-hybridized carbons (Fsp3) is 0.158. The van der Waals surface area contributed by atoms with Gasteiger partial charge in [-0.2, -0.15) is 13.2 Å². The zero-order valence-electron chi connectivity index (χ0n) is 15.4. The molecule has 0 atom stereocenters. The summed E-state index contributed by atoms with van der Waals surface area (Å²) in [4.78, 5) is 25.9. The van der Waals surface area contributed by atoms with E-state index in [0.29, 0.717) is 10.3 Å². The van der Waals surface area contributed by atoms with Gasteiger partial charge in [-0.25, -0.2) is 18.4 Å². The average molecular weight is 419 g/mol. The van der Waals surface area contributed by atoms with Crippen LogP contribution in [0.3, 0.4) is 0 Å². The predicted octanol–water partition coefficient (Wildman–Crippen LogP) is 2.98. The molecule has 2 aromatic carbocycles. The number of alkyl halides is 3. The van der Waals surface area contributed by atoms with Crippen LogP contribution in [0.5, 0.6) is 0 Å². The van der Waals surface area contributed by atoms with Gasteiger partial charge in [0.25, 0.3) is 5.56 Å². The third kappa shape index (κ3) is 3.27. The molecule has 0 spiro atoms. The largest absolute Gasteiger partial charge is 0.431 e. The van der Waals surface area contributed by atoms with Crippen molar-refractivity contribution in [2.75, 3.05) is 0 Å². The Hall–Kier alpha value is -3.76. The first-order valence-corrected chi connectivity index (χ1v) is 8.77. The van der Waals surface area contributed by atoms with Crippen LogP contribution in [0.15, 0.2) is 52.1 Å². The first-order chi connectivity index (χ1) is 14.2. The van der Waals surface area contributed by atoms with Crippen LogP contribution in [-0.2, 0) is 12.6 Å². The van der Waals surface area contributed by atoms with Crippen molar-refractivity contribution < 1.29 is 17.6 Å². The number of aromatic amines is 1. The first-order valence-electron chi connectivity index (χ1n) is 8.77. The van der Waals surface area contributed by atoms with E-state index in [2.05, 4.69) is 10.3 Å². The van der Waals surface area contributed by atoms with Crippen molar-refractivity contribution >= 4 is 11.0 Å². The van der Waals surface area contributed by atoms with Crippen LogP contribution in [0, 0.1) is 5.82 Å². The molecule has 0 bridgehead atoms. The number of H-pyrrole nitrogens is 1. The minimum atomic E-state index is -4.92. The van der Waals surface area contributed by atoms with Crippen molar-refractivity contribution in [1.29, 1.82) is 0 Å². The van der Waals surface area contributed by atoms with Crippen LogP contribution in [-0.4, -0.2) is 24.5 Å². The van der Waals surface area contributed by atoms with Crippen LogP contribution in [0.25, 0.3) is 22.4 Å². The lowest BCUT2D eigenvalue weighted by molar-refractivity contribution is -0.141. The highest BCUT2D eigenvalue weighted by Crippen LogP contribution is 2.26. The van der Waals surface area contributed by atoms with Crippen molar-refractivity contribution in [3.63, 3.8) is 0 Å². The fourth-order valence-electron chi connectivity index (χ4n) is 3.04. The molecule has 2 aromatic heterocycles. The van der Waals surface area contributed by atoms with Crippen LogP contribution < -0.4 is 11.2 Å². The normalized spacial score (nSPS) is 11.9. The summed E-state index contributed by atoms with van der Waals surface area (Å²) >= 11 is 0. The van der Waals surface area contributed by atoms with Crippen LogP contribution in [0.4, 0.5) is 17.6 Å². The van der Waals surface area contributed by atoms with E-state index in [-0.39, 0.29) is 17.1 Å². The van der Waals surface area contributed by atoms with E-state index in [1.54, 1.807) is 17.1 Å². The maximum absolute atomic E-state index is 14.6. The van der Waals surface area contributed by atoms with E-state index in [4.69, 9.17) is 0 Å². The molecule has 2 heterocycles. The third-order valence-electron chi connectivity index (χ3n) is 4.58. The average Bonchev–Trinajstić information content (AvgIpc) is 3.09. The zero-order chi connectivity index (χ0) is 21.6. The molecule has 7 nitrogen and oxygen atoms in total. The van der Waals surface area contributed by atoms with Gasteiger partial charge in [0.15, 0.2) is 0 Å². The number of halogens is 4. The Morgan fingerprint density at radius 1 is 1.07 bits per heavy atom. The number of aromatic nitrogens is 5. The molecule has 30 heavy (non-hydrogen) atoms. The molecule has 4 rings (SSSR count). The Bertz CT molecular complexity index is 1340. The van der Waals surface area contributed by atoms with Crippen LogP contribution in [0.2, 0.25) is 0 Å². The number of hydrogen-bond donors (Lipinski definition) is 1. The lowest BCUT2D eigenvalue weighted by Crippen LogP contribution is -2.36. The molecular formula is C19H13F4N5O2. The number of aryl methyl sites for hydroxylation is 1. The molecular weight excluding hydrogens is 406 g/mol. The molecule has 1 N–H and O–H groups in total. The number of hydrogen-bond acceptors (Lipinski definition) is 4. The molecule has 0 saturated heterocycles. The Labute approximate surface area is 165 Å². The first kappa shape index (κ1) is 19.6. The summed E-state index contributed by atoms with van der Waals surface area (Å²) in [7, 11) is 0. The second kappa shape index (κ2) is 6.94. The standard InChI is InChI=1S/C19H13F4N5O2/c1-2-10-3-5-11(6-4-10)28-15-8-14(12(20)7-13(15)25-26-28)27-17(29)9-16(19(21,22)23)24-18(27)30/h3-9H,2H2,1H3,(H,24,30). The highest BCUT2D eigenvalue weighted by atomic mass is 19.4. The van der Waals surface area contributed by atoms with E-state index < -0.39 is 34.6 Å². The molecule has 0 aliphatic carbocycles. The molecule has 0 aliphatic heterocycles. The topological polar surface area (TPSA) is 85.6 Å². The number of rotatable bonds is 3. The SMILES string of the molecule is CCc1ccc(-n2nnc3cc(F)c(-n4c(=O)cc(C(F)(F)F)[nH]c4=O)cc32)cc1. The van der Waals surface area contributed by atoms with Gasteiger partial charge >= 0.3 is 11.9 Å². The highest BCUT2D eigenvalue weighted by Gasteiger charge is 2.33. The number of fused-ring (bicyclic) bond motifs is 1. The maximum atomic E-state index is 14.6. The smallest absolute Gasteiger partial charge is 0.303 e. The molecule has 0 radical (unpaired) electrons. The van der Waals surface area contributed by atoms with E-state index in [0.717, 1.165) is 24.1 Å². The molecule has 0 fully saturated rings. The van der Waals surface area contributed by atoms with Crippen molar-refractivity contribution in [2.24, 2.45) is 0 Å². The van der Waals surface area contributed by atoms with E-state index in [1.165, 1.54) is 4.68 Å². The van der Waals surface area contributed by atoms with Crippen molar-refractivity contribution in [2.45, 2.75) is 19.5 Å². The van der Waals surface area contributed by atoms with Gasteiger partial charge in [0.2, 0.25) is 0 Å². The lowest BCUT2D eigenvalue weighted by Gasteiger charge is -2.10. The van der Waals surface area contributed by atoms with Gasteiger partial charge in [-0.3, -0.25) is 4.79 Å². The number of nitrogens with zero attached hydrogens (tertiary/aromatic N) is 4. The van der Waals surface area contributed by atoms with E-state index in [9.17, 15) is 27.2 Å². The Balaban J connectivity index is 1.92. The van der Waals surface area contributed by atoms with Gasteiger partial charge in [-0.05, 0) is 30.2 Å². The van der Waals surface area contributed by atoms with Crippen LogP contribution in [0.1, 0.15) is 18.2 Å². The minimum absolute atomic E-state index is 0.146. The molecule has 154 valence electrons. The van der Waals surface area contributed by atoms with Crippen molar-refractivity contribution in [1.82, 2.24) is 24.5 Å². The summed E-state index contributed by atoms with van der Waals surface area (Å²) < 4.78 is 54.7. The number of benzene rings is 2. The molecule has 11 heteroatoms. The molecule has 0 saturated carbocycles. The van der Waals surface area contributed by atoms with Crippen molar-refractivity contribution in [3.05, 3.63) is 80.4 Å². The Morgan fingerprint density at radius 2 is 1.77 bits per heavy atom. The molecule has 0 aliphatic rings. The van der Waals surface area contributed by atoms with Crippen LogP contribution >= 0.6 is 0 Å². The highest BCUT2D eigenvalue weighted by molar-refractivity contribution is 5.79. The van der Waals surface area contributed by atoms with Crippen molar-refractivity contribution in [3.8, 4) is 11.4 Å². The molecule has 0 unspecified atom stereocenters.